The highest BCUT2D eigenvalue weighted by Gasteiger charge is 2.35. The predicted octanol–water partition coefficient (Wildman–Crippen LogP) is 6.41. The van der Waals surface area contributed by atoms with Crippen LogP contribution in [0.3, 0.4) is 0 Å². The van der Waals surface area contributed by atoms with Crippen molar-refractivity contribution in [1.29, 1.82) is 0 Å². The van der Waals surface area contributed by atoms with Gasteiger partial charge < -0.3 is 4.74 Å². The summed E-state index contributed by atoms with van der Waals surface area (Å²) in [5.41, 5.74) is 1.50. The second kappa shape index (κ2) is 9.03. The number of benzene rings is 2. The molecular weight excluding hydrogens is 417 g/mol. The highest BCUT2D eigenvalue weighted by molar-refractivity contribution is 8.18. The average molecular weight is 436 g/mol. The Labute approximate surface area is 178 Å². The van der Waals surface area contributed by atoms with E-state index in [-0.39, 0.29) is 23.8 Å². The molecule has 1 aliphatic heterocycles. The number of carbonyl (C=O) groups is 2. The van der Waals surface area contributed by atoms with Gasteiger partial charge in [0, 0.05) is 5.56 Å². The molecule has 0 bridgehead atoms. The first-order valence-corrected chi connectivity index (χ1v) is 10.4. The quantitative estimate of drug-likeness (QED) is 0.491. The van der Waals surface area contributed by atoms with E-state index >= 15 is 0 Å². The van der Waals surface area contributed by atoms with E-state index in [4.69, 9.17) is 27.9 Å². The Morgan fingerprint density at radius 2 is 1.89 bits per heavy atom. The largest absolute Gasteiger partial charge is 0.490 e. The van der Waals surface area contributed by atoms with Crippen LogP contribution < -0.4 is 4.74 Å². The van der Waals surface area contributed by atoms with Gasteiger partial charge in [-0.2, -0.15) is 0 Å². The number of para-hydroxylation sites is 1. The Bertz CT molecular complexity index is 945. The second-order valence-corrected chi connectivity index (χ2v) is 8.20. The number of nitrogens with zero attached hydrogens (tertiary/aromatic N) is 1. The van der Waals surface area contributed by atoms with Gasteiger partial charge in [-0.3, -0.25) is 14.5 Å². The van der Waals surface area contributed by atoms with Crippen LogP contribution in [0.25, 0.3) is 6.08 Å². The summed E-state index contributed by atoms with van der Waals surface area (Å²) in [7, 11) is 0. The Morgan fingerprint density at radius 3 is 2.61 bits per heavy atom. The maximum atomic E-state index is 12.8. The lowest BCUT2D eigenvalue weighted by molar-refractivity contribution is -0.123. The summed E-state index contributed by atoms with van der Waals surface area (Å²) < 4.78 is 5.92. The molecule has 1 fully saturated rings. The Balaban J connectivity index is 1.82. The molecule has 3 rings (SSSR count). The normalized spacial score (nSPS) is 16.7. The Morgan fingerprint density at radius 1 is 1.14 bits per heavy atom. The molecule has 2 aromatic carbocycles. The summed E-state index contributed by atoms with van der Waals surface area (Å²) >= 11 is 12.9. The number of imide groups is 1. The van der Waals surface area contributed by atoms with Crippen LogP contribution in [-0.4, -0.2) is 22.2 Å². The van der Waals surface area contributed by atoms with E-state index in [0.717, 1.165) is 29.3 Å². The van der Waals surface area contributed by atoms with E-state index in [2.05, 4.69) is 0 Å². The lowest BCUT2D eigenvalue weighted by Crippen LogP contribution is -2.27. The number of halogens is 2. The summed E-state index contributed by atoms with van der Waals surface area (Å²) in [4.78, 5) is 26.7. The fourth-order valence-corrected chi connectivity index (χ4v) is 3.76. The van der Waals surface area contributed by atoms with E-state index in [1.54, 1.807) is 24.3 Å². The second-order valence-electron chi connectivity index (χ2n) is 6.39. The van der Waals surface area contributed by atoms with Gasteiger partial charge in [0.2, 0.25) is 0 Å². The van der Waals surface area contributed by atoms with Crippen molar-refractivity contribution in [3.05, 3.63) is 68.5 Å². The van der Waals surface area contributed by atoms with Crippen LogP contribution in [0.1, 0.15) is 31.4 Å². The first-order chi connectivity index (χ1) is 13.4. The van der Waals surface area contributed by atoms with Crippen molar-refractivity contribution in [2.75, 3.05) is 0 Å². The minimum atomic E-state index is -0.334. The van der Waals surface area contributed by atoms with Crippen molar-refractivity contribution in [3.8, 4) is 5.75 Å². The van der Waals surface area contributed by atoms with Crippen molar-refractivity contribution in [2.24, 2.45) is 0 Å². The van der Waals surface area contributed by atoms with Gasteiger partial charge in [0.1, 0.15) is 5.75 Å². The molecule has 1 saturated heterocycles. The molecule has 1 atom stereocenters. The van der Waals surface area contributed by atoms with Gasteiger partial charge >= 0.3 is 0 Å². The van der Waals surface area contributed by atoms with Crippen LogP contribution in [0.2, 0.25) is 10.0 Å². The summed E-state index contributed by atoms with van der Waals surface area (Å²) in [6, 6.07) is 12.5. The van der Waals surface area contributed by atoms with Crippen molar-refractivity contribution >= 4 is 52.2 Å². The highest BCUT2D eigenvalue weighted by Crippen LogP contribution is 2.35. The average Bonchev–Trinajstić information content (AvgIpc) is 2.93. The van der Waals surface area contributed by atoms with E-state index in [1.165, 1.54) is 4.90 Å². The Hall–Kier alpha value is -1.95. The van der Waals surface area contributed by atoms with E-state index in [9.17, 15) is 9.59 Å². The minimum Gasteiger partial charge on any atom is -0.490 e. The van der Waals surface area contributed by atoms with Crippen LogP contribution in [0, 0.1) is 0 Å². The molecule has 1 heterocycles. The monoisotopic (exact) mass is 435 g/mol. The molecule has 146 valence electrons. The number of hydrogen-bond donors (Lipinski definition) is 0. The molecule has 0 radical (unpaired) electrons. The van der Waals surface area contributed by atoms with Gasteiger partial charge in [0.05, 0.1) is 27.6 Å². The molecular formula is C21H19Cl2NO3S. The molecule has 7 heteroatoms. The fourth-order valence-electron chi connectivity index (χ4n) is 2.61. The SMILES string of the molecule is CC[C@H](C)Oc1ccccc1/C=C1/SC(=O)N(Cc2ccc(Cl)c(Cl)c2)C1=O. The number of carbonyl (C=O) groups excluding carboxylic acids is 2. The molecule has 0 saturated carbocycles. The summed E-state index contributed by atoms with van der Waals surface area (Å²) in [6.45, 7) is 4.17. The molecule has 1 aliphatic rings. The topological polar surface area (TPSA) is 46.6 Å². The van der Waals surface area contributed by atoms with Crippen molar-refractivity contribution in [1.82, 2.24) is 4.90 Å². The maximum absolute atomic E-state index is 12.8. The third kappa shape index (κ3) is 4.72. The van der Waals surface area contributed by atoms with Crippen LogP contribution in [0.5, 0.6) is 5.75 Å². The number of rotatable bonds is 6. The molecule has 0 aliphatic carbocycles. The van der Waals surface area contributed by atoms with Gasteiger partial charge in [0.15, 0.2) is 0 Å². The number of amides is 2. The molecule has 0 spiro atoms. The smallest absolute Gasteiger partial charge is 0.293 e. The number of thioether (sulfide) groups is 1. The fraction of sp³-hybridized carbons (Fsp3) is 0.238. The first kappa shape index (κ1) is 20.8. The number of hydrogen-bond acceptors (Lipinski definition) is 4. The first-order valence-electron chi connectivity index (χ1n) is 8.84. The van der Waals surface area contributed by atoms with E-state index < -0.39 is 0 Å². The molecule has 4 nitrogen and oxygen atoms in total. The van der Waals surface area contributed by atoms with Crippen LogP contribution in [0.4, 0.5) is 4.79 Å². The lowest BCUT2D eigenvalue weighted by atomic mass is 10.1. The molecule has 0 unspecified atom stereocenters. The zero-order chi connectivity index (χ0) is 20.3. The Kier molecular flexibility index (Phi) is 6.70. The van der Waals surface area contributed by atoms with Gasteiger partial charge in [-0.15, -0.1) is 0 Å². The van der Waals surface area contributed by atoms with E-state index in [1.807, 2.05) is 38.1 Å². The van der Waals surface area contributed by atoms with Gasteiger partial charge in [-0.25, -0.2) is 0 Å². The minimum absolute atomic E-state index is 0.0549. The number of ether oxygens (including phenoxy) is 1. The van der Waals surface area contributed by atoms with E-state index in [0.29, 0.717) is 20.7 Å². The van der Waals surface area contributed by atoms with Crippen molar-refractivity contribution in [3.63, 3.8) is 0 Å². The third-order valence-corrected chi connectivity index (χ3v) is 5.95. The van der Waals surface area contributed by atoms with Crippen LogP contribution in [0.15, 0.2) is 47.4 Å². The standard InChI is InChI=1S/C21H19Cl2NO3S/c1-3-13(2)27-18-7-5-4-6-15(18)11-19-20(25)24(21(26)28-19)12-14-8-9-16(22)17(23)10-14/h4-11,13H,3,12H2,1-2H3/b19-11+/t13-/m0/s1. The van der Waals surface area contributed by atoms with Crippen molar-refractivity contribution in [2.45, 2.75) is 32.9 Å². The zero-order valence-corrected chi connectivity index (χ0v) is 17.8. The zero-order valence-electron chi connectivity index (χ0n) is 15.4. The third-order valence-electron chi connectivity index (χ3n) is 4.31. The summed E-state index contributed by atoms with van der Waals surface area (Å²) in [5, 5.41) is 0.498. The van der Waals surface area contributed by atoms with Crippen molar-refractivity contribution < 1.29 is 14.3 Å². The molecule has 0 aromatic heterocycles. The van der Waals surface area contributed by atoms with Gasteiger partial charge in [-0.05, 0) is 54.9 Å². The maximum Gasteiger partial charge on any atom is 0.293 e. The van der Waals surface area contributed by atoms with Gasteiger partial charge in [-0.1, -0.05) is 54.4 Å². The van der Waals surface area contributed by atoms with Crippen LogP contribution >= 0.6 is 35.0 Å². The van der Waals surface area contributed by atoms with Crippen LogP contribution in [-0.2, 0) is 11.3 Å². The molecule has 2 aromatic rings. The lowest BCUT2D eigenvalue weighted by Gasteiger charge is -2.15. The predicted molar refractivity (Wildman–Crippen MR) is 115 cm³/mol. The highest BCUT2D eigenvalue weighted by atomic mass is 35.5. The molecule has 0 N–H and O–H groups in total. The summed E-state index contributed by atoms with van der Waals surface area (Å²) in [5.74, 6) is 0.354. The molecule has 2 amide bonds. The summed E-state index contributed by atoms with van der Waals surface area (Å²) in [6.07, 6.45) is 2.63. The van der Waals surface area contributed by atoms with Gasteiger partial charge in [0.25, 0.3) is 11.1 Å². The molecule has 28 heavy (non-hydrogen) atoms.